The standard InChI is InChI=1S/C20H20N2O4S/c1-26-19-9-8-16-10-18(7-6-17(16)11-19)20(23)22-12-14-2-4-15(5-3-14)13-27(21,24)25/h2-11H,12-13H2,1H3,(H,22,23)(H2,21,24,25). The SMILES string of the molecule is COc1ccc2cc(C(=O)NCc3ccc(CS(N)(=O)=O)cc3)ccc2c1. The molecule has 3 N–H and O–H groups in total. The summed E-state index contributed by atoms with van der Waals surface area (Å²) in [6, 6.07) is 18.1. The van der Waals surface area contributed by atoms with Crippen molar-refractivity contribution in [1.82, 2.24) is 5.32 Å². The molecule has 0 fully saturated rings. The third kappa shape index (κ3) is 5.06. The van der Waals surface area contributed by atoms with Crippen LogP contribution in [0.5, 0.6) is 5.75 Å². The fourth-order valence-electron chi connectivity index (χ4n) is 2.76. The molecule has 0 aliphatic rings. The van der Waals surface area contributed by atoms with Crippen molar-refractivity contribution < 1.29 is 17.9 Å². The Bertz CT molecular complexity index is 1080. The molecule has 0 heterocycles. The molecule has 0 bridgehead atoms. The summed E-state index contributed by atoms with van der Waals surface area (Å²) < 4.78 is 27.4. The first-order valence-electron chi connectivity index (χ1n) is 8.28. The van der Waals surface area contributed by atoms with E-state index in [1.165, 1.54) is 0 Å². The quantitative estimate of drug-likeness (QED) is 0.682. The van der Waals surface area contributed by atoms with Crippen molar-refractivity contribution >= 4 is 26.7 Å². The number of ether oxygens (including phenoxy) is 1. The highest BCUT2D eigenvalue weighted by molar-refractivity contribution is 7.88. The van der Waals surface area contributed by atoms with Crippen LogP contribution in [-0.4, -0.2) is 21.4 Å². The van der Waals surface area contributed by atoms with Gasteiger partial charge in [0.15, 0.2) is 0 Å². The summed E-state index contributed by atoms with van der Waals surface area (Å²) in [6.07, 6.45) is 0. The Morgan fingerprint density at radius 3 is 2.26 bits per heavy atom. The highest BCUT2D eigenvalue weighted by atomic mass is 32.2. The van der Waals surface area contributed by atoms with Crippen LogP contribution in [0.25, 0.3) is 10.8 Å². The van der Waals surface area contributed by atoms with Crippen LogP contribution in [0.15, 0.2) is 60.7 Å². The minimum absolute atomic E-state index is 0.179. The Morgan fingerprint density at radius 2 is 1.59 bits per heavy atom. The van der Waals surface area contributed by atoms with Gasteiger partial charge in [-0.15, -0.1) is 0 Å². The Labute approximate surface area is 158 Å². The Morgan fingerprint density at radius 1 is 0.963 bits per heavy atom. The van der Waals surface area contributed by atoms with Gasteiger partial charge in [0.1, 0.15) is 5.75 Å². The van der Waals surface area contributed by atoms with Gasteiger partial charge in [0, 0.05) is 12.1 Å². The highest BCUT2D eigenvalue weighted by Crippen LogP contribution is 2.22. The van der Waals surface area contributed by atoms with Gasteiger partial charge in [-0.2, -0.15) is 0 Å². The monoisotopic (exact) mass is 384 g/mol. The number of fused-ring (bicyclic) bond motifs is 1. The average Bonchev–Trinajstić information content (AvgIpc) is 2.65. The lowest BCUT2D eigenvalue weighted by Gasteiger charge is -2.08. The predicted molar refractivity (Wildman–Crippen MR) is 105 cm³/mol. The van der Waals surface area contributed by atoms with E-state index in [1.54, 1.807) is 37.4 Å². The van der Waals surface area contributed by atoms with Crippen LogP contribution in [0.1, 0.15) is 21.5 Å². The van der Waals surface area contributed by atoms with Crippen LogP contribution >= 0.6 is 0 Å². The molecule has 0 aliphatic heterocycles. The van der Waals surface area contributed by atoms with E-state index in [2.05, 4.69) is 5.32 Å². The first-order valence-corrected chi connectivity index (χ1v) is 10.00. The predicted octanol–water partition coefficient (Wildman–Crippen LogP) is 2.57. The summed E-state index contributed by atoms with van der Waals surface area (Å²) in [5.74, 6) is 0.383. The number of primary sulfonamides is 1. The summed E-state index contributed by atoms with van der Waals surface area (Å²) in [5, 5.41) is 9.85. The number of methoxy groups -OCH3 is 1. The summed E-state index contributed by atoms with van der Waals surface area (Å²) >= 11 is 0. The number of benzene rings is 3. The topological polar surface area (TPSA) is 98.5 Å². The van der Waals surface area contributed by atoms with Crippen molar-refractivity contribution in [2.75, 3.05) is 7.11 Å². The molecule has 0 radical (unpaired) electrons. The smallest absolute Gasteiger partial charge is 0.251 e. The van der Waals surface area contributed by atoms with Gasteiger partial charge in [-0.25, -0.2) is 13.6 Å². The second-order valence-corrected chi connectivity index (χ2v) is 7.85. The number of hydrogen-bond donors (Lipinski definition) is 2. The lowest BCUT2D eigenvalue weighted by atomic mass is 10.1. The van der Waals surface area contributed by atoms with Gasteiger partial charge in [0.05, 0.1) is 12.9 Å². The third-order valence-electron chi connectivity index (χ3n) is 4.15. The van der Waals surface area contributed by atoms with Gasteiger partial charge in [-0.3, -0.25) is 4.79 Å². The van der Waals surface area contributed by atoms with Crippen molar-refractivity contribution in [3.05, 3.63) is 77.4 Å². The van der Waals surface area contributed by atoms with E-state index in [9.17, 15) is 13.2 Å². The molecule has 6 nitrogen and oxygen atoms in total. The van der Waals surface area contributed by atoms with Gasteiger partial charge in [0.2, 0.25) is 10.0 Å². The highest BCUT2D eigenvalue weighted by Gasteiger charge is 2.08. The Kier molecular flexibility index (Phi) is 5.43. The Balaban J connectivity index is 1.66. The van der Waals surface area contributed by atoms with E-state index < -0.39 is 10.0 Å². The molecule has 1 amide bonds. The minimum Gasteiger partial charge on any atom is -0.497 e. The van der Waals surface area contributed by atoms with Gasteiger partial charge in [-0.05, 0) is 46.2 Å². The molecule has 0 aliphatic carbocycles. The molecule has 7 heteroatoms. The molecule has 140 valence electrons. The lowest BCUT2D eigenvalue weighted by Crippen LogP contribution is -2.22. The number of rotatable bonds is 6. The Hall–Kier alpha value is -2.90. The normalized spacial score (nSPS) is 11.3. The van der Waals surface area contributed by atoms with Crippen LogP contribution in [0.3, 0.4) is 0 Å². The number of amides is 1. The molecule has 0 atom stereocenters. The number of nitrogens with two attached hydrogens (primary N) is 1. The molecule has 27 heavy (non-hydrogen) atoms. The van der Waals surface area contributed by atoms with Crippen LogP contribution < -0.4 is 15.2 Å². The second-order valence-electron chi connectivity index (χ2n) is 6.23. The van der Waals surface area contributed by atoms with E-state index in [-0.39, 0.29) is 11.7 Å². The zero-order valence-electron chi connectivity index (χ0n) is 14.8. The summed E-state index contributed by atoms with van der Waals surface area (Å²) in [5.41, 5.74) is 2.04. The van der Waals surface area contributed by atoms with Crippen LogP contribution in [0, 0.1) is 0 Å². The molecule has 0 spiro atoms. The molecule has 0 aromatic heterocycles. The molecule has 0 saturated carbocycles. The third-order valence-corrected chi connectivity index (χ3v) is 4.89. The molecule has 0 saturated heterocycles. The largest absolute Gasteiger partial charge is 0.497 e. The maximum atomic E-state index is 12.4. The fraction of sp³-hybridized carbons (Fsp3) is 0.150. The molecule has 3 aromatic rings. The van der Waals surface area contributed by atoms with Gasteiger partial charge in [-0.1, -0.05) is 36.4 Å². The van der Waals surface area contributed by atoms with Gasteiger partial charge < -0.3 is 10.1 Å². The van der Waals surface area contributed by atoms with Crippen LogP contribution in [0.4, 0.5) is 0 Å². The van der Waals surface area contributed by atoms with E-state index in [4.69, 9.17) is 9.88 Å². The minimum atomic E-state index is -3.55. The van der Waals surface area contributed by atoms with Crippen LogP contribution in [-0.2, 0) is 22.3 Å². The number of carbonyl (C=O) groups excluding carboxylic acids is 1. The zero-order valence-corrected chi connectivity index (χ0v) is 15.6. The number of sulfonamides is 1. The zero-order chi connectivity index (χ0) is 19.4. The maximum Gasteiger partial charge on any atom is 0.251 e. The number of hydrogen-bond acceptors (Lipinski definition) is 4. The van der Waals surface area contributed by atoms with Crippen LogP contribution in [0.2, 0.25) is 0 Å². The summed E-state index contributed by atoms with van der Waals surface area (Å²) in [6.45, 7) is 0.342. The maximum absolute atomic E-state index is 12.4. The van der Waals surface area contributed by atoms with Crippen molar-refractivity contribution in [3.63, 3.8) is 0 Å². The van der Waals surface area contributed by atoms with Crippen molar-refractivity contribution in [2.24, 2.45) is 5.14 Å². The fourth-order valence-corrected chi connectivity index (χ4v) is 3.42. The average molecular weight is 384 g/mol. The first-order chi connectivity index (χ1) is 12.8. The van der Waals surface area contributed by atoms with Crippen molar-refractivity contribution in [1.29, 1.82) is 0 Å². The van der Waals surface area contributed by atoms with E-state index in [1.807, 2.05) is 30.3 Å². The lowest BCUT2D eigenvalue weighted by molar-refractivity contribution is 0.0951. The summed E-state index contributed by atoms with van der Waals surface area (Å²) in [7, 11) is -1.94. The van der Waals surface area contributed by atoms with E-state index >= 15 is 0 Å². The molecular formula is C20H20N2O4S. The van der Waals surface area contributed by atoms with Gasteiger partial charge >= 0.3 is 0 Å². The van der Waals surface area contributed by atoms with Crippen molar-refractivity contribution in [3.8, 4) is 5.75 Å². The molecule has 3 rings (SSSR count). The van der Waals surface area contributed by atoms with Crippen molar-refractivity contribution in [2.45, 2.75) is 12.3 Å². The van der Waals surface area contributed by atoms with E-state index in [0.717, 1.165) is 22.1 Å². The number of carbonyl (C=O) groups is 1. The molecular weight excluding hydrogens is 364 g/mol. The molecule has 3 aromatic carbocycles. The van der Waals surface area contributed by atoms with Gasteiger partial charge in [0.25, 0.3) is 5.91 Å². The number of nitrogens with one attached hydrogen (secondary N) is 1. The van der Waals surface area contributed by atoms with E-state index in [0.29, 0.717) is 17.7 Å². The molecule has 0 unspecified atom stereocenters. The summed E-state index contributed by atoms with van der Waals surface area (Å²) in [4.78, 5) is 12.4. The first kappa shape index (κ1) is 18.9. The second kappa shape index (κ2) is 7.77.